The van der Waals surface area contributed by atoms with Gasteiger partial charge >= 0.3 is 5.97 Å². The molecule has 19 heavy (non-hydrogen) atoms. The molecule has 1 aromatic carbocycles. The van der Waals surface area contributed by atoms with Crippen LogP contribution in [-0.2, 0) is 11.3 Å². The van der Waals surface area contributed by atoms with Gasteiger partial charge in [-0.15, -0.1) is 0 Å². The summed E-state index contributed by atoms with van der Waals surface area (Å²) in [4.78, 5) is 12.6. The average molecular weight is 332 g/mol. The van der Waals surface area contributed by atoms with Crippen LogP contribution in [0.1, 0.15) is 18.9 Å². The first-order chi connectivity index (χ1) is 8.97. The molecule has 0 heterocycles. The Bertz CT molecular complexity index is 451. The van der Waals surface area contributed by atoms with Crippen molar-refractivity contribution in [2.75, 3.05) is 20.2 Å². The number of benzene rings is 1. The minimum atomic E-state index is -0.859. The van der Waals surface area contributed by atoms with Gasteiger partial charge in [-0.05, 0) is 30.7 Å². The highest BCUT2D eigenvalue weighted by atomic mass is 79.9. The van der Waals surface area contributed by atoms with Crippen LogP contribution in [0.25, 0.3) is 0 Å². The highest BCUT2D eigenvalue weighted by Crippen LogP contribution is 2.32. The average Bonchev–Trinajstić information content (AvgIpc) is 2.32. The molecule has 0 aromatic heterocycles. The van der Waals surface area contributed by atoms with Crippen molar-refractivity contribution in [3.8, 4) is 11.5 Å². The monoisotopic (exact) mass is 331 g/mol. The second kappa shape index (κ2) is 7.35. The molecular formula is C13H18BrNO4. The first-order valence-corrected chi connectivity index (χ1v) is 6.76. The molecule has 1 aromatic rings. The van der Waals surface area contributed by atoms with E-state index in [0.717, 1.165) is 16.5 Å². The van der Waals surface area contributed by atoms with Gasteiger partial charge in [0.15, 0.2) is 11.5 Å². The summed E-state index contributed by atoms with van der Waals surface area (Å²) in [6, 6.07) is 3.27. The van der Waals surface area contributed by atoms with Gasteiger partial charge in [0.2, 0.25) is 0 Å². The number of aromatic hydroxyl groups is 1. The van der Waals surface area contributed by atoms with E-state index in [9.17, 15) is 9.90 Å². The lowest BCUT2D eigenvalue weighted by molar-refractivity contribution is -0.138. The van der Waals surface area contributed by atoms with Gasteiger partial charge in [-0.1, -0.05) is 22.9 Å². The number of hydrogen-bond acceptors (Lipinski definition) is 4. The van der Waals surface area contributed by atoms with Gasteiger partial charge in [0.1, 0.15) is 0 Å². The second-order valence-electron chi connectivity index (χ2n) is 4.22. The molecule has 0 radical (unpaired) electrons. The third-order valence-electron chi connectivity index (χ3n) is 2.64. The van der Waals surface area contributed by atoms with Crippen molar-refractivity contribution in [3.05, 3.63) is 22.2 Å². The highest BCUT2D eigenvalue weighted by Gasteiger charge is 2.14. The summed E-state index contributed by atoms with van der Waals surface area (Å²) in [7, 11) is 1.48. The number of rotatable bonds is 7. The number of halogens is 1. The Morgan fingerprint density at radius 3 is 2.68 bits per heavy atom. The zero-order chi connectivity index (χ0) is 14.4. The van der Waals surface area contributed by atoms with Gasteiger partial charge in [-0.3, -0.25) is 9.69 Å². The van der Waals surface area contributed by atoms with E-state index >= 15 is 0 Å². The Labute approximate surface area is 120 Å². The number of phenols is 1. The van der Waals surface area contributed by atoms with Crippen LogP contribution in [0.15, 0.2) is 16.6 Å². The lowest BCUT2D eigenvalue weighted by Crippen LogP contribution is -2.30. The molecule has 5 nitrogen and oxygen atoms in total. The molecule has 0 amide bonds. The zero-order valence-electron chi connectivity index (χ0n) is 11.0. The standard InChI is InChI=1S/C13H18BrNO4/c1-3-4-15(8-13(17)18)7-9-5-11(16)12(19-2)6-10(9)14/h5-6,16H,3-4,7-8H2,1-2H3,(H,17,18). The number of carboxylic acid groups (broad SMARTS) is 1. The largest absolute Gasteiger partial charge is 0.504 e. The van der Waals surface area contributed by atoms with Crippen molar-refractivity contribution in [2.45, 2.75) is 19.9 Å². The molecule has 0 aliphatic carbocycles. The van der Waals surface area contributed by atoms with Crippen LogP contribution >= 0.6 is 15.9 Å². The van der Waals surface area contributed by atoms with Crippen molar-refractivity contribution in [1.29, 1.82) is 0 Å². The molecule has 0 aliphatic heterocycles. The number of carboxylic acids is 1. The fraction of sp³-hybridized carbons (Fsp3) is 0.462. The fourth-order valence-electron chi connectivity index (χ4n) is 1.83. The summed E-state index contributed by atoms with van der Waals surface area (Å²) < 4.78 is 5.80. The van der Waals surface area contributed by atoms with E-state index in [1.807, 2.05) is 11.8 Å². The van der Waals surface area contributed by atoms with Gasteiger partial charge < -0.3 is 14.9 Å². The van der Waals surface area contributed by atoms with Crippen LogP contribution in [0.4, 0.5) is 0 Å². The summed E-state index contributed by atoms with van der Waals surface area (Å²) in [6.07, 6.45) is 0.868. The summed E-state index contributed by atoms with van der Waals surface area (Å²) >= 11 is 3.40. The molecule has 0 saturated carbocycles. The maximum atomic E-state index is 10.8. The van der Waals surface area contributed by atoms with Crippen molar-refractivity contribution in [2.24, 2.45) is 0 Å². The molecule has 0 spiro atoms. The summed E-state index contributed by atoms with van der Waals surface area (Å²) in [5, 5.41) is 18.6. The summed E-state index contributed by atoms with van der Waals surface area (Å²) in [6.45, 7) is 3.12. The molecule has 0 unspecified atom stereocenters. The third kappa shape index (κ3) is 4.72. The van der Waals surface area contributed by atoms with E-state index in [0.29, 0.717) is 18.8 Å². The Balaban J connectivity index is 2.89. The highest BCUT2D eigenvalue weighted by molar-refractivity contribution is 9.10. The van der Waals surface area contributed by atoms with E-state index in [1.54, 1.807) is 12.1 Å². The molecule has 6 heteroatoms. The van der Waals surface area contributed by atoms with Gasteiger partial charge in [0, 0.05) is 11.0 Å². The normalized spacial score (nSPS) is 10.7. The second-order valence-corrected chi connectivity index (χ2v) is 5.07. The first-order valence-electron chi connectivity index (χ1n) is 5.97. The predicted molar refractivity (Wildman–Crippen MR) is 75.6 cm³/mol. The maximum Gasteiger partial charge on any atom is 0.317 e. The van der Waals surface area contributed by atoms with Crippen molar-refractivity contribution in [1.82, 2.24) is 4.90 Å². The van der Waals surface area contributed by atoms with E-state index in [2.05, 4.69) is 15.9 Å². The van der Waals surface area contributed by atoms with Gasteiger partial charge in [-0.2, -0.15) is 0 Å². The minimum Gasteiger partial charge on any atom is -0.504 e. The third-order valence-corrected chi connectivity index (χ3v) is 3.38. The molecule has 0 bridgehead atoms. The number of ether oxygens (including phenoxy) is 1. The van der Waals surface area contributed by atoms with Crippen molar-refractivity contribution in [3.63, 3.8) is 0 Å². The van der Waals surface area contributed by atoms with Gasteiger partial charge in [0.05, 0.1) is 13.7 Å². The topological polar surface area (TPSA) is 70.0 Å². The van der Waals surface area contributed by atoms with Crippen LogP contribution in [-0.4, -0.2) is 41.3 Å². The van der Waals surface area contributed by atoms with E-state index < -0.39 is 5.97 Å². The number of methoxy groups -OCH3 is 1. The molecule has 1 rings (SSSR count). The molecule has 0 aliphatic rings. The lowest BCUT2D eigenvalue weighted by atomic mass is 10.2. The van der Waals surface area contributed by atoms with Crippen molar-refractivity contribution >= 4 is 21.9 Å². The number of aliphatic carboxylic acids is 1. The summed E-state index contributed by atoms with van der Waals surface area (Å²) in [5.41, 5.74) is 0.827. The lowest BCUT2D eigenvalue weighted by Gasteiger charge is -2.20. The fourth-order valence-corrected chi connectivity index (χ4v) is 2.28. The van der Waals surface area contributed by atoms with Gasteiger partial charge in [-0.25, -0.2) is 0 Å². The molecule has 106 valence electrons. The van der Waals surface area contributed by atoms with Gasteiger partial charge in [0.25, 0.3) is 0 Å². The van der Waals surface area contributed by atoms with E-state index in [-0.39, 0.29) is 12.3 Å². The summed E-state index contributed by atoms with van der Waals surface area (Å²) in [5.74, 6) is -0.425. The van der Waals surface area contributed by atoms with Crippen LogP contribution in [0.2, 0.25) is 0 Å². The Hall–Kier alpha value is -1.27. The number of carbonyl (C=O) groups is 1. The zero-order valence-corrected chi connectivity index (χ0v) is 12.6. The van der Waals surface area contributed by atoms with E-state index in [4.69, 9.17) is 9.84 Å². The quantitative estimate of drug-likeness (QED) is 0.803. The van der Waals surface area contributed by atoms with Crippen LogP contribution in [0.3, 0.4) is 0 Å². The van der Waals surface area contributed by atoms with Crippen LogP contribution < -0.4 is 4.74 Å². The predicted octanol–water partition coefficient (Wildman–Crippen LogP) is 2.46. The molecule has 0 atom stereocenters. The SMILES string of the molecule is CCCN(CC(=O)O)Cc1cc(O)c(OC)cc1Br. The van der Waals surface area contributed by atoms with Crippen molar-refractivity contribution < 1.29 is 19.7 Å². The first kappa shape index (κ1) is 15.8. The Morgan fingerprint density at radius 2 is 2.16 bits per heavy atom. The minimum absolute atomic E-state index is 0.0208. The van der Waals surface area contributed by atoms with Crippen LogP contribution in [0.5, 0.6) is 11.5 Å². The Kier molecular flexibility index (Phi) is 6.11. The smallest absolute Gasteiger partial charge is 0.317 e. The number of hydrogen-bond donors (Lipinski definition) is 2. The number of phenolic OH excluding ortho intramolecular Hbond substituents is 1. The molecule has 0 saturated heterocycles. The van der Waals surface area contributed by atoms with E-state index in [1.165, 1.54) is 7.11 Å². The molecule has 2 N–H and O–H groups in total. The Morgan fingerprint density at radius 1 is 1.47 bits per heavy atom. The molecule has 0 fully saturated rings. The molecular weight excluding hydrogens is 314 g/mol. The number of nitrogens with zero attached hydrogens (tertiary/aromatic N) is 1. The maximum absolute atomic E-state index is 10.8. The van der Waals surface area contributed by atoms with Crippen LogP contribution in [0, 0.1) is 0 Å².